The number of halogens is 1. The summed E-state index contributed by atoms with van der Waals surface area (Å²) < 4.78 is 51.5. The Bertz CT molecular complexity index is 1170. The Labute approximate surface area is 190 Å². The van der Waals surface area contributed by atoms with Crippen molar-refractivity contribution < 1.29 is 22.3 Å². The normalized spacial score (nSPS) is 15.6. The molecule has 0 aliphatic carbocycles. The van der Waals surface area contributed by atoms with Gasteiger partial charge < -0.3 is 9.47 Å². The molecule has 0 atom stereocenters. The van der Waals surface area contributed by atoms with Gasteiger partial charge in [0.15, 0.2) is 0 Å². The van der Waals surface area contributed by atoms with Crippen LogP contribution >= 0.6 is 11.3 Å². The van der Waals surface area contributed by atoms with E-state index in [0.717, 1.165) is 27.4 Å². The summed E-state index contributed by atoms with van der Waals surface area (Å²) in [5.41, 5.74) is 1.12. The van der Waals surface area contributed by atoms with Crippen molar-refractivity contribution in [3.05, 3.63) is 63.9 Å². The third-order valence-electron chi connectivity index (χ3n) is 5.54. The lowest BCUT2D eigenvalue weighted by molar-refractivity contribution is 0.316. The molecule has 0 saturated carbocycles. The fourth-order valence-corrected chi connectivity index (χ4v) is 6.44. The van der Waals surface area contributed by atoms with E-state index < -0.39 is 15.8 Å². The van der Waals surface area contributed by atoms with Crippen LogP contribution in [0.3, 0.4) is 0 Å². The highest BCUT2D eigenvalue weighted by Crippen LogP contribution is 2.35. The van der Waals surface area contributed by atoms with Crippen LogP contribution in [0.2, 0.25) is 0 Å². The lowest BCUT2D eigenvalue weighted by atomic mass is 9.99. The Hall–Kier alpha value is -2.56. The van der Waals surface area contributed by atoms with Crippen LogP contribution in [0.1, 0.15) is 34.3 Å². The van der Waals surface area contributed by atoms with Gasteiger partial charge >= 0.3 is 0 Å². The molecule has 2 heterocycles. The number of ether oxygens (including phenoxy) is 2. The van der Waals surface area contributed by atoms with Gasteiger partial charge in [-0.15, -0.1) is 21.5 Å². The maximum atomic E-state index is 13.7. The second-order valence-electron chi connectivity index (χ2n) is 7.53. The van der Waals surface area contributed by atoms with Crippen molar-refractivity contribution >= 4 is 21.4 Å². The number of rotatable bonds is 7. The lowest BCUT2D eigenvalue weighted by Crippen LogP contribution is -2.38. The summed E-state index contributed by atoms with van der Waals surface area (Å²) in [6.45, 7) is 0.667. The Morgan fingerprint density at radius 2 is 1.78 bits per heavy atom. The number of aromatic nitrogens is 2. The van der Waals surface area contributed by atoms with E-state index in [1.165, 1.54) is 23.5 Å². The first-order valence-electron chi connectivity index (χ1n) is 10.2. The quantitative estimate of drug-likeness (QED) is 0.514. The highest BCUT2D eigenvalue weighted by atomic mass is 32.2. The van der Waals surface area contributed by atoms with Gasteiger partial charge in [0.05, 0.1) is 14.2 Å². The molecule has 7 nitrogen and oxygen atoms in total. The summed E-state index contributed by atoms with van der Waals surface area (Å²) in [6.07, 6.45) is 1.95. The summed E-state index contributed by atoms with van der Waals surface area (Å²) in [7, 11) is -0.840. The van der Waals surface area contributed by atoms with E-state index in [9.17, 15) is 12.8 Å². The van der Waals surface area contributed by atoms with E-state index in [1.807, 2.05) is 24.3 Å². The van der Waals surface area contributed by atoms with Crippen LogP contribution in [0.25, 0.3) is 0 Å². The predicted molar refractivity (Wildman–Crippen MR) is 119 cm³/mol. The molecule has 0 radical (unpaired) electrons. The number of sulfonamides is 1. The summed E-state index contributed by atoms with van der Waals surface area (Å²) in [5, 5.41) is 10.5. The Kier molecular flexibility index (Phi) is 6.73. The number of methoxy groups -OCH3 is 2. The first-order valence-corrected chi connectivity index (χ1v) is 12.4. The second kappa shape index (κ2) is 9.51. The van der Waals surface area contributed by atoms with Gasteiger partial charge in [-0.05, 0) is 48.7 Å². The molecule has 0 bridgehead atoms. The van der Waals surface area contributed by atoms with E-state index in [4.69, 9.17) is 9.47 Å². The Morgan fingerprint density at radius 1 is 1.06 bits per heavy atom. The molecule has 10 heteroatoms. The number of hydrogen-bond donors (Lipinski definition) is 0. The first-order chi connectivity index (χ1) is 15.4. The number of piperidine rings is 1. The van der Waals surface area contributed by atoms with Crippen LogP contribution in [0.4, 0.5) is 4.39 Å². The van der Waals surface area contributed by atoms with Crippen LogP contribution in [-0.4, -0.2) is 50.2 Å². The zero-order valence-corrected chi connectivity index (χ0v) is 19.5. The molecule has 0 unspecified atom stereocenters. The van der Waals surface area contributed by atoms with E-state index in [1.54, 1.807) is 18.4 Å². The second-order valence-corrected chi connectivity index (χ2v) is 10.5. The summed E-state index contributed by atoms with van der Waals surface area (Å²) in [4.78, 5) is -0.142. The summed E-state index contributed by atoms with van der Waals surface area (Å²) in [6, 6.07) is 11.4. The van der Waals surface area contributed by atoms with Crippen molar-refractivity contribution in [3.8, 4) is 11.5 Å². The standard InChI is InChI=1S/C22H24FN3O4S2/c1-29-18-6-3-15(4-7-18)13-21-24-25-22(31-21)16-9-11-26(12-10-16)32(27,28)20-14-17(23)5-8-19(20)30-2/h3-8,14,16H,9-13H2,1-2H3. The van der Waals surface area contributed by atoms with Crippen LogP contribution in [0.15, 0.2) is 47.4 Å². The molecule has 1 aliphatic rings. The summed E-state index contributed by atoms with van der Waals surface area (Å²) >= 11 is 1.57. The fourth-order valence-electron chi connectivity index (χ4n) is 3.76. The van der Waals surface area contributed by atoms with Crippen molar-refractivity contribution in [3.63, 3.8) is 0 Å². The number of nitrogens with zero attached hydrogens (tertiary/aromatic N) is 3. The molecule has 1 aliphatic heterocycles. The van der Waals surface area contributed by atoms with Gasteiger partial charge in [-0.2, -0.15) is 4.31 Å². The summed E-state index contributed by atoms with van der Waals surface area (Å²) in [5.74, 6) is 0.487. The van der Waals surface area contributed by atoms with Gasteiger partial charge in [-0.1, -0.05) is 12.1 Å². The van der Waals surface area contributed by atoms with Crippen molar-refractivity contribution in [2.24, 2.45) is 0 Å². The molecule has 0 N–H and O–H groups in total. The van der Waals surface area contributed by atoms with E-state index in [-0.39, 0.29) is 16.6 Å². The van der Waals surface area contributed by atoms with E-state index in [2.05, 4.69) is 10.2 Å². The van der Waals surface area contributed by atoms with Gasteiger partial charge in [-0.25, -0.2) is 12.8 Å². The smallest absolute Gasteiger partial charge is 0.246 e. The molecular formula is C22H24FN3O4S2. The van der Waals surface area contributed by atoms with Crippen molar-refractivity contribution in [1.82, 2.24) is 14.5 Å². The molecular weight excluding hydrogens is 453 g/mol. The molecule has 2 aromatic carbocycles. The fraction of sp³-hybridized carbons (Fsp3) is 0.364. The topological polar surface area (TPSA) is 81.6 Å². The largest absolute Gasteiger partial charge is 0.497 e. The van der Waals surface area contributed by atoms with Gasteiger partial charge in [-0.3, -0.25) is 0 Å². The molecule has 4 rings (SSSR count). The molecule has 1 saturated heterocycles. The van der Waals surface area contributed by atoms with Gasteiger partial charge in [0.2, 0.25) is 10.0 Å². The first kappa shape index (κ1) is 22.6. The third kappa shape index (κ3) is 4.77. The van der Waals surface area contributed by atoms with Gasteiger partial charge in [0, 0.05) is 25.4 Å². The monoisotopic (exact) mass is 477 g/mol. The minimum atomic E-state index is -3.85. The average Bonchev–Trinajstić information content (AvgIpc) is 3.28. The molecule has 0 spiro atoms. The third-order valence-corrected chi connectivity index (χ3v) is 8.55. The molecule has 0 amide bonds. The highest BCUT2D eigenvalue weighted by molar-refractivity contribution is 7.89. The molecule has 1 aromatic heterocycles. The molecule has 32 heavy (non-hydrogen) atoms. The molecule has 3 aromatic rings. The molecule has 1 fully saturated rings. The van der Waals surface area contributed by atoms with E-state index >= 15 is 0 Å². The molecule has 170 valence electrons. The maximum absolute atomic E-state index is 13.7. The highest BCUT2D eigenvalue weighted by Gasteiger charge is 2.33. The van der Waals surface area contributed by atoms with Gasteiger partial charge in [0.25, 0.3) is 0 Å². The van der Waals surface area contributed by atoms with Crippen LogP contribution in [0.5, 0.6) is 11.5 Å². The zero-order valence-electron chi connectivity index (χ0n) is 17.8. The average molecular weight is 478 g/mol. The minimum Gasteiger partial charge on any atom is -0.497 e. The van der Waals surface area contributed by atoms with Crippen molar-refractivity contribution in [2.75, 3.05) is 27.3 Å². The SMILES string of the molecule is COc1ccc(Cc2nnc(C3CCN(S(=O)(=O)c4cc(F)ccc4OC)CC3)s2)cc1. The van der Waals surface area contributed by atoms with Crippen LogP contribution in [-0.2, 0) is 16.4 Å². The van der Waals surface area contributed by atoms with Crippen molar-refractivity contribution in [1.29, 1.82) is 0 Å². The van der Waals surface area contributed by atoms with Crippen molar-refractivity contribution in [2.45, 2.75) is 30.1 Å². The van der Waals surface area contributed by atoms with Crippen LogP contribution < -0.4 is 9.47 Å². The predicted octanol–water partition coefficient (Wildman–Crippen LogP) is 3.85. The van der Waals surface area contributed by atoms with Crippen LogP contribution in [0, 0.1) is 5.82 Å². The zero-order chi connectivity index (χ0) is 22.7. The minimum absolute atomic E-state index is 0.140. The number of hydrogen-bond acceptors (Lipinski definition) is 7. The Morgan fingerprint density at radius 3 is 2.44 bits per heavy atom. The van der Waals surface area contributed by atoms with Gasteiger partial charge in [0.1, 0.15) is 32.2 Å². The maximum Gasteiger partial charge on any atom is 0.246 e. The van der Waals surface area contributed by atoms with E-state index in [0.29, 0.717) is 32.4 Å². The Balaban J connectivity index is 1.41. The number of benzene rings is 2. The lowest BCUT2D eigenvalue weighted by Gasteiger charge is -2.30.